The Morgan fingerprint density at radius 2 is 0.949 bits per heavy atom. The molecular weight excluding hydrogens is 721 g/mol. The molecule has 8 aromatic carbocycles. The van der Waals surface area contributed by atoms with Gasteiger partial charge in [-0.25, -0.2) is 15.0 Å². The number of fused-ring (bicyclic) bond motifs is 6. The average molecular weight is 759 g/mol. The van der Waals surface area contributed by atoms with Gasteiger partial charge in [-0.1, -0.05) is 172 Å². The minimum atomic E-state index is -0.150. The van der Waals surface area contributed by atoms with Crippen molar-refractivity contribution in [3.63, 3.8) is 0 Å². The van der Waals surface area contributed by atoms with Crippen LogP contribution < -0.4 is 4.90 Å². The highest BCUT2D eigenvalue weighted by atomic mass is 16.3. The molecule has 11 rings (SSSR count). The first-order valence-corrected chi connectivity index (χ1v) is 20.0. The van der Waals surface area contributed by atoms with Gasteiger partial charge in [-0.3, -0.25) is 0 Å². The van der Waals surface area contributed by atoms with Crippen LogP contribution in [-0.4, -0.2) is 15.0 Å². The Morgan fingerprint density at radius 1 is 0.424 bits per heavy atom. The van der Waals surface area contributed by atoms with Crippen molar-refractivity contribution in [1.82, 2.24) is 15.0 Å². The van der Waals surface area contributed by atoms with Crippen LogP contribution in [-0.2, 0) is 5.41 Å². The zero-order valence-corrected chi connectivity index (χ0v) is 32.7. The molecule has 0 aliphatic heterocycles. The van der Waals surface area contributed by atoms with Crippen LogP contribution in [0.5, 0.6) is 0 Å². The molecule has 10 aromatic rings. The summed E-state index contributed by atoms with van der Waals surface area (Å²) in [6.07, 6.45) is 0. The highest BCUT2D eigenvalue weighted by molar-refractivity contribution is 6.11. The van der Waals surface area contributed by atoms with Crippen LogP contribution in [0.4, 0.5) is 17.1 Å². The van der Waals surface area contributed by atoms with Crippen LogP contribution in [0.15, 0.2) is 199 Å². The molecule has 2 aromatic heterocycles. The molecule has 5 heteroatoms. The Balaban J connectivity index is 1.10. The van der Waals surface area contributed by atoms with Gasteiger partial charge in [0.25, 0.3) is 0 Å². The molecule has 0 unspecified atom stereocenters. The summed E-state index contributed by atoms with van der Waals surface area (Å²) < 4.78 is 7.01. The monoisotopic (exact) mass is 758 g/mol. The number of hydrogen-bond donors (Lipinski definition) is 0. The zero-order chi connectivity index (χ0) is 39.5. The maximum atomic E-state index is 7.01. The van der Waals surface area contributed by atoms with Gasteiger partial charge in [0.15, 0.2) is 23.1 Å². The van der Waals surface area contributed by atoms with Crippen LogP contribution in [0.1, 0.15) is 25.0 Å². The van der Waals surface area contributed by atoms with E-state index < -0.39 is 0 Å². The van der Waals surface area contributed by atoms with Crippen molar-refractivity contribution >= 4 is 39.0 Å². The Bertz CT molecular complexity index is 3120. The summed E-state index contributed by atoms with van der Waals surface area (Å²) in [5, 5.41) is 2.06. The summed E-state index contributed by atoms with van der Waals surface area (Å²) in [4.78, 5) is 17.3. The summed E-state index contributed by atoms with van der Waals surface area (Å²) in [7, 11) is 0. The average Bonchev–Trinajstić information content (AvgIpc) is 3.79. The number of para-hydroxylation sites is 1. The molecule has 0 amide bonds. The summed E-state index contributed by atoms with van der Waals surface area (Å²) in [5.41, 5.74) is 14.7. The Morgan fingerprint density at radius 3 is 1.63 bits per heavy atom. The first-order chi connectivity index (χ1) is 29.0. The van der Waals surface area contributed by atoms with Gasteiger partial charge in [0, 0.05) is 44.1 Å². The third kappa shape index (κ3) is 5.81. The van der Waals surface area contributed by atoms with Crippen LogP contribution >= 0.6 is 0 Å². The smallest absolute Gasteiger partial charge is 0.164 e. The van der Waals surface area contributed by atoms with E-state index in [9.17, 15) is 0 Å². The van der Waals surface area contributed by atoms with Gasteiger partial charge in [-0.2, -0.15) is 0 Å². The van der Waals surface area contributed by atoms with Crippen LogP contribution in [0.25, 0.3) is 78.4 Å². The van der Waals surface area contributed by atoms with Gasteiger partial charge < -0.3 is 9.32 Å². The van der Waals surface area contributed by atoms with E-state index in [1.165, 1.54) is 27.8 Å². The van der Waals surface area contributed by atoms with Gasteiger partial charge >= 0.3 is 0 Å². The van der Waals surface area contributed by atoms with E-state index in [1.807, 2.05) is 60.7 Å². The topological polar surface area (TPSA) is 55.1 Å². The summed E-state index contributed by atoms with van der Waals surface area (Å²) in [5.74, 6) is 1.83. The molecule has 2 heterocycles. The second-order valence-electron chi connectivity index (χ2n) is 15.6. The van der Waals surface area contributed by atoms with Crippen LogP contribution in [0.2, 0.25) is 0 Å². The maximum Gasteiger partial charge on any atom is 0.164 e. The van der Waals surface area contributed by atoms with E-state index in [4.69, 9.17) is 19.4 Å². The number of rotatable bonds is 7. The number of anilines is 3. The van der Waals surface area contributed by atoms with Gasteiger partial charge in [0.2, 0.25) is 0 Å². The number of benzene rings is 8. The third-order valence-corrected chi connectivity index (χ3v) is 11.7. The highest BCUT2D eigenvalue weighted by Crippen LogP contribution is 2.55. The Hall–Kier alpha value is -7.63. The second-order valence-corrected chi connectivity index (χ2v) is 15.6. The molecule has 0 saturated heterocycles. The summed E-state index contributed by atoms with van der Waals surface area (Å²) in [6.45, 7) is 4.66. The predicted octanol–water partition coefficient (Wildman–Crippen LogP) is 14.2. The van der Waals surface area contributed by atoms with E-state index >= 15 is 0 Å². The molecule has 5 nitrogen and oxygen atoms in total. The predicted molar refractivity (Wildman–Crippen MR) is 241 cm³/mol. The Kier molecular flexibility index (Phi) is 8.09. The van der Waals surface area contributed by atoms with E-state index in [1.54, 1.807) is 0 Å². The van der Waals surface area contributed by atoms with Gasteiger partial charge in [-0.05, 0) is 64.2 Å². The lowest BCUT2D eigenvalue weighted by Gasteiger charge is -2.29. The van der Waals surface area contributed by atoms with Crippen molar-refractivity contribution in [2.75, 3.05) is 4.90 Å². The first kappa shape index (κ1) is 34.6. The zero-order valence-electron chi connectivity index (χ0n) is 32.7. The molecule has 1 aliphatic rings. The number of hydrogen-bond acceptors (Lipinski definition) is 5. The number of nitrogens with zero attached hydrogens (tertiary/aromatic N) is 4. The first-order valence-electron chi connectivity index (χ1n) is 20.0. The lowest BCUT2D eigenvalue weighted by Crippen LogP contribution is -2.16. The number of furan rings is 1. The van der Waals surface area contributed by atoms with Crippen molar-refractivity contribution in [2.45, 2.75) is 19.3 Å². The second kappa shape index (κ2) is 13.8. The summed E-state index contributed by atoms with van der Waals surface area (Å²) >= 11 is 0. The van der Waals surface area contributed by atoms with Crippen molar-refractivity contribution < 1.29 is 4.42 Å². The standard InChI is InChI=1S/C54H38N4O/c1-54(2)44-24-13-12-22-43(44)49-45(54)25-15-26-46(49)58(40-31-28-36(29-32-40)35-16-6-3-7-17-35)47-27-14-23-42-41-33-30-39(34-48(41)59-50(42)47)53-56-51(37-18-8-4-9-19-37)55-52(57-53)38-20-10-5-11-21-38/h3-34H,1-2H3. The molecule has 1 aliphatic carbocycles. The molecule has 0 radical (unpaired) electrons. The van der Waals surface area contributed by atoms with E-state index in [2.05, 4.69) is 152 Å². The highest BCUT2D eigenvalue weighted by Gasteiger charge is 2.38. The van der Waals surface area contributed by atoms with Gasteiger partial charge in [0.1, 0.15) is 5.58 Å². The molecule has 0 bridgehead atoms. The van der Waals surface area contributed by atoms with Gasteiger partial charge in [-0.15, -0.1) is 0 Å². The maximum absolute atomic E-state index is 7.01. The van der Waals surface area contributed by atoms with Crippen molar-refractivity contribution in [2.24, 2.45) is 0 Å². The van der Waals surface area contributed by atoms with Crippen molar-refractivity contribution in [3.8, 4) is 56.4 Å². The fourth-order valence-corrected chi connectivity index (χ4v) is 8.80. The largest absolute Gasteiger partial charge is 0.454 e. The molecule has 0 saturated carbocycles. The molecule has 0 fully saturated rings. The van der Waals surface area contributed by atoms with Crippen molar-refractivity contribution in [3.05, 3.63) is 205 Å². The normalized spacial score (nSPS) is 12.7. The lowest BCUT2D eigenvalue weighted by atomic mass is 9.82. The van der Waals surface area contributed by atoms with Crippen LogP contribution in [0, 0.1) is 0 Å². The van der Waals surface area contributed by atoms with Crippen molar-refractivity contribution in [1.29, 1.82) is 0 Å². The SMILES string of the molecule is CC1(C)c2ccccc2-c2c(N(c3ccc(-c4ccccc4)cc3)c3cccc4c3oc3cc(-c5nc(-c6ccccc6)nc(-c6ccccc6)n5)ccc34)cccc21. The molecule has 0 spiro atoms. The molecule has 59 heavy (non-hydrogen) atoms. The fraction of sp³-hybridized carbons (Fsp3) is 0.0556. The fourth-order valence-electron chi connectivity index (χ4n) is 8.80. The molecular formula is C54H38N4O. The molecule has 0 atom stereocenters. The molecule has 0 N–H and O–H groups in total. The van der Waals surface area contributed by atoms with E-state index in [0.29, 0.717) is 17.5 Å². The number of aromatic nitrogens is 3. The summed E-state index contributed by atoms with van der Waals surface area (Å²) in [6, 6.07) is 67.8. The minimum absolute atomic E-state index is 0.150. The lowest BCUT2D eigenvalue weighted by molar-refractivity contribution is 0.660. The molecule has 280 valence electrons. The van der Waals surface area contributed by atoms with E-state index in [-0.39, 0.29) is 5.41 Å². The Labute approximate surface area is 342 Å². The quantitative estimate of drug-likeness (QED) is 0.162. The van der Waals surface area contributed by atoms with Crippen LogP contribution in [0.3, 0.4) is 0 Å². The van der Waals surface area contributed by atoms with E-state index in [0.717, 1.165) is 61.3 Å². The third-order valence-electron chi connectivity index (χ3n) is 11.7. The minimum Gasteiger partial charge on any atom is -0.454 e. The van der Waals surface area contributed by atoms with Gasteiger partial charge in [0.05, 0.1) is 11.4 Å².